The minimum atomic E-state index is -4.55. The van der Waals surface area contributed by atoms with E-state index in [0.29, 0.717) is 0 Å². The third kappa shape index (κ3) is 2.47. The average Bonchev–Trinajstić information content (AvgIpc) is 2.17. The van der Waals surface area contributed by atoms with E-state index in [0.717, 1.165) is 18.3 Å². The number of halogens is 3. The molecule has 0 aliphatic carbocycles. The lowest BCUT2D eigenvalue weighted by Gasteiger charge is -2.08. The number of hydrogen-bond acceptors (Lipinski definition) is 3. The van der Waals surface area contributed by atoms with Crippen molar-refractivity contribution in [2.24, 2.45) is 10.9 Å². The molecule has 78 valence electrons. The molecule has 0 aliphatic rings. The Morgan fingerprint density at radius 3 is 2.53 bits per heavy atom. The zero-order chi connectivity index (χ0) is 11.5. The second-order valence-corrected chi connectivity index (χ2v) is 2.69. The first-order chi connectivity index (χ1) is 6.99. The number of hydrogen-bond donors (Lipinski definition) is 1. The fourth-order valence-electron chi connectivity index (χ4n) is 1.06. The summed E-state index contributed by atoms with van der Waals surface area (Å²) in [6, 6.07) is 4.72. The second-order valence-electron chi connectivity index (χ2n) is 2.69. The normalized spacial score (nSPS) is 11.6. The van der Waals surface area contributed by atoms with Crippen LogP contribution in [-0.4, -0.2) is 6.21 Å². The van der Waals surface area contributed by atoms with E-state index in [9.17, 15) is 13.2 Å². The fraction of sp³-hybridized carbons (Fsp3) is 0.111. The highest BCUT2D eigenvalue weighted by Crippen LogP contribution is 2.32. The van der Waals surface area contributed by atoms with Crippen molar-refractivity contribution in [2.45, 2.75) is 6.18 Å². The number of benzene rings is 1. The molecule has 0 fully saturated rings. The van der Waals surface area contributed by atoms with Gasteiger partial charge in [-0.3, -0.25) is 0 Å². The van der Waals surface area contributed by atoms with Crippen LogP contribution in [0.25, 0.3) is 0 Å². The Morgan fingerprint density at radius 2 is 2.07 bits per heavy atom. The van der Waals surface area contributed by atoms with E-state index in [-0.39, 0.29) is 5.56 Å². The maximum Gasteiger partial charge on any atom is 0.417 e. The highest BCUT2D eigenvalue weighted by molar-refractivity contribution is 5.80. The molecule has 3 nitrogen and oxygen atoms in total. The minimum Gasteiger partial charge on any atom is -0.323 e. The van der Waals surface area contributed by atoms with Crippen molar-refractivity contribution in [1.82, 2.24) is 0 Å². The molecule has 0 radical (unpaired) electrons. The smallest absolute Gasteiger partial charge is 0.323 e. The van der Waals surface area contributed by atoms with E-state index in [4.69, 9.17) is 11.1 Å². The standard InChI is InChI=1S/C9H6F3N3/c10-9(11,12)8-3-6(5-15-14)1-2-7(8)4-13/h1-3,5H,14H2. The quantitative estimate of drug-likeness (QED) is 0.439. The average molecular weight is 213 g/mol. The van der Waals surface area contributed by atoms with Gasteiger partial charge < -0.3 is 5.84 Å². The molecule has 0 saturated heterocycles. The maximum atomic E-state index is 12.4. The summed E-state index contributed by atoms with van der Waals surface area (Å²) in [5.41, 5.74) is -1.21. The molecular formula is C9H6F3N3. The minimum absolute atomic E-state index is 0.198. The topological polar surface area (TPSA) is 62.2 Å². The summed E-state index contributed by atoms with van der Waals surface area (Å²) in [6.07, 6.45) is -3.47. The first-order valence-electron chi connectivity index (χ1n) is 3.83. The fourth-order valence-corrected chi connectivity index (χ4v) is 1.06. The Kier molecular flexibility index (Phi) is 2.95. The van der Waals surface area contributed by atoms with Crippen molar-refractivity contribution in [3.8, 4) is 6.07 Å². The van der Waals surface area contributed by atoms with Gasteiger partial charge in [-0.15, -0.1) is 0 Å². The summed E-state index contributed by atoms with van der Waals surface area (Å²) < 4.78 is 37.3. The van der Waals surface area contributed by atoms with Gasteiger partial charge in [0.05, 0.1) is 23.4 Å². The molecule has 1 aromatic rings. The second kappa shape index (κ2) is 4.00. The van der Waals surface area contributed by atoms with Gasteiger partial charge in [-0.1, -0.05) is 6.07 Å². The molecule has 0 aromatic heterocycles. The molecule has 0 aliphatic heterocycles. The zero-order valence-electron chi connectivity index (χ0n) is 7.42. The van der Waals surface area contributed by atoms with Gasteiger partial charge in [-0.2, -0.15) is 23.5 Å². The number of rotatable bonds is 1. The first kappa shape index (κ1) is 11.0. The lowest BCUT2D eigenvalue weighted by atomic mass is 10.0. The van der Waals surface area contributed by atoms with Gasteiger partial charge in [0, 0.05) is 0 Å². The highest BCUT2D eigenvalue weighted by atomic mass is 19.4. The number of nitrogens with two attached hydrogens (primary N) is 1. The number of hydrazone groups is 1. The van der Waals surface area contributed by atoms with Crippen molar-refractivity contribution in [2.75, 3.05) is 0 Å². The third-order valence-corrected chi connectivity index (χ3v) is 1.69. The van der Waals surface area contributed by atoms with E-state index >= 15 is 0 Å². The third-order valence-electron chi connectivity index (χ3n) is 1.69. The Hall–Kier alpha value is -2.03. The van der Waals surface area contributed by atoms with Gasteiger partial charge in [0.2, 0.25) is 0 Å². The molecule has 0 saturated carbocycles. The predicted octanol–water partition coefficient (Wildman–Crippen LogP) is 1.87. The summed E-state index contributed by atoms with van der Waals surface area (Å²) in [7, 11) is 0. The Balaban J connectivity index is 3.33. The largest absolute Gasteiger partial charge is 0.417 e. The SMILES string of the molecule is N#Cc1ccc(C=NN)cc1C(F)(F)F. The van der Waals surface area contributed by atoms with E-state index in [1.807, 2.05) is 0 Å². The van der Waals surface area contributed by atoms with Gasteiger partial charge in [0.25, 0.3) is 0 Å². The van der Waals surface area contributed by atoms with Crippen LogP contribution in [0, 0.1) is 11.3 Å². The van der Waals surface area contributed by atoms with Gasteiger partial charge in [0.15, 0.2) is 0 Å². The molecule has 15 heavy (non-hydrogen) atoms. The Bertz CT molecular complexity index is 429. The monoisotopic (exact) mass is 213 g/mol. The van der Waals surface area contributed by atoms with Gasteiger partial charge in [0.1, 0.15) is 0 Å². The van der Waals surface area contributed by atoms with E-state index < -0.39 is 17.3 Å². The van der Waals surface area contributed by atoms with Crippen LogP contribution in [0.1, 0.15) is 16.7 Å². The van der Waals surface area contributed by atoms with Crippen LogP contribution in [-0.2, 0) is 6.18 Å². The van der Waals surface area contributed by atoms with Crippen LogP contribution in [0.4, 0.5) is 13.2 Å². The summed E-state index contributed by atoms with van der Waals surface area (Å²) in [5.74, 6) is 4.81. The summed E-state index contributed by atoms with van der Waals surface area (Å²) >= 11 is 0. The van der Waals surface area contributed by atoms with Crippen molar-refractivity contribution < 1.29 is 13.2 Å². The van der Waals surface area contributed by atoms with Crippen molar-refractivity contribution in [1.29, 1.82) is 5.26 Å². The predicted molar refractivity (Wildman–Crippen MR) is 47.9 cm³/mol. The summed E-state index contributed by atoms with van der Waals surface area (Å²) in [5, 5.41) is 11.6. The van der Waals surface area contributed by atoms with Crippen LogP contribution in [0.5, 0.6) is 0 Å². The number of nitrogens with zero attached hydrogens (tertiary/aromatic N) is 2. The van der Waals surface area contributed by atoms with Crippen LogP contribution < -0.4 is 5.84 Å². The maximum absolute atomic E-state index is 12.4. The summed E-state index contributed by atoms with van der Waals surface area (Å²) in [6.45, 7) is 0. The van der Waals surface area contributed by atoms with E-state index in [1.165, 1.54) is 12.1 Å². The summed E-state index contributed by atoms with van der Waals surface area (Å²) in [4.78, 5) is 0. The van der Waals surface area contributed by atoms with Gasteiger partial charge in [-0.05, 0) is 17.7 Å². The molecule has 1 aromatic carbocycles. The molecule has 0 unspecified atom stereocenters. The molecule has 0 atom stereocenters. The lowest BCUT2D eigenvalue weighted by Crippen LogP contribution is -2.08. The van der Waals surface area contributed by atoms with E-state index in [1.54, 1.807) is 0 Å². The molecule has 6 heteroatoms. The molecule has 1 rings (SSSR count). The van der Waals surface area contributed by atoms with Crippen molar-refractivity contribution >= 4 is 6.21 Å². The van der Waals surface area contributed by atoms with Crippen molar-refractivity contribution in [3.05, 3.63) is 34.9 Å². The molecule has 0 spiro atoms. The number of alkyl halides is 3. The first-order valence-corrected chi connectivity index (χ1v) is 3.83. The lowest BCUT2D eigenvalue weighted by molar-refractivity contribution is -0.137. The number of nitriles is 1. The Labute approximate surface area is 83.6 Å². The molecule has 0 heterocycles. The Morgan fingerprint density at radius 1 is 1.40 bits per heavy atom. The highest BCUT2D eigenvalue weighted by Gasteiger charge is 2.33. The van der Waals surface area contributed by atoms with Crippen LogP contribution >= 0.6 is 0 Å². The van der Waals surface area contributed by atoms with Crippen LogP contribution in [0.2, 0.25) is 0 Å². The van der Waals surface area contributed by atoms with Gasteiger partial charge in [-0.25, -0.2) is 0 Å². The molecule has 0 amide bonds. The zero-order valence-corrected chi connectivity index (χ0v) is 7.42. The molecular weight excluding hydrogens is 207 g/mol. The molecule has 0 bridgehead atoms. The van der Waals surface area contributed by atoms with Crippen LogP contribution in [0.15, 0.2) is 23.3 Å². The van der Waals surface area contributed by atoms with Crippen molar-refractivity contribution in [3.63, 3.8) is 0 Å². The van der Waals surface area contributed by atoms with Gasteiger partial charge >= 0.3 is 6.18 Å². The molecule has 2 N–H and O–H groups in total. The van der Waals surface area contributed by atoms with Crippen LogP contribution in [0.3, 0.4) is 0 Å². The van der Waals surface area contributed by atoms with E-state index in [2.05, 4.69) is 5.10 Å².